The van der Waals surface area contributed by atoms with Crippen LogP contribution < -0.4 is 20.9 Å². The Morgan fingerprint density at radius 2 is 0.961 bits per heavy atom. The summed E-state index contributed by atoms with van der Waals surface area (Å²) in [5.74, 6) is -2.00. The van der Waals surface area contributed by atoms with Crippen molar-refractivity contribution in [1.29, 1.82) is 0 Å². The molecule has 12 heteroatoms. The van der Waals surface area contributed by atoms with E-state index in [0.29, 0.717) is 35.5 Å². The number of phenols is 2. The van der Waals surface area contributed by atoms with Crippen molar-refractivity contribution in [2.75, 3.05) is 14.2 Å². The van der Waals surface area contributed by atoms with Crippen LogP contribution in [0.3, 0.4) is 0 Å². The van der Waals surface area contributed by atoms with Crippen molar-refractivity contribution in [1.82, 2.24) is 0 Å². The van der Waals surface area contributed by atoms with Crippen LogP contribution in [0.15, 0.2) is 109 Å². The predicted molar refractivity (Wildman–Crippen MR) is 194 cm³/mol. The number of carbonyl (C=O) groups excluding carboxylic acids is 2. The first-order valence-corrected chi connectivity index (χ1v) is 15.5. The van der Waals surface area contributed by atoms with Crippen molar-refractivity contribution >= 4 is 35.7 Å². The molecule has 51 heavy (non-hydrogen) atoms. The molecule has 0 fully saturated rings. The number of methoxy groups -OCH3 is 2. The molecule has 0 amide bonds. The summed E-state index contributed by atoms with van der Waals surface area (Å²) in [5.41, 5.74) is 13.9. The monoisotopic (exact) mass is 698 g/mol. The van der Waals surface area contributed by atoms with Crippen molar-refractivity contribution in [3.8, 4) is 23.0 Å². The summed E-state index contributed by atoms with van der Waals surface area (Å²) in [6.45, 7) is 0. The summed E-state index contributed by atoms with van der Waals surface area (Å²) in [6.07, 6.45) is 6.21. The molecule has 4 aromatic carbocycles. The average molecular weight is 699 g/mol. The molecule has 4 aromatic rings. The molecule has 0 bridgehead atoms. The number of hydrogen-bond acceptors (Lipinski definition) is 10. The van der Waals surface area contributed by atoms with Crippen molar-refractivity contribution < 1.29 is 49.1 Å². The zero-order valence-electron chi connectivity index (χ0n) is 28.2. The Morgan fingerprint density at radius 1 is 0.608 bits per heavy atom. The number of benzene rings is 4. The zero-order chi connectivity index (χ0) is 37.8. The summed E-state index contributed by atoms with van der Waals surface area (Å²) in [7, 11) is 2.87. The largest absolute Gasteiger partial charge is 0.504 e. The van der Waals surface area contributed by atoms with Gasteiger partial charge in [-0.2, -0.15) is 0 Å². The first-order valence-electron chi connectivity index (χ1n) is 15.5. The van der Waals surface area contributed by atoms with E-state index in [1.54, 1.807) is 36.4 Å². The van der Waals surface area contributed by atoms with Gasteiger partial charge in [0.15, 0.2) is 34.6 Å². The predicted octanol–water partition coefficient (Wildman–Crippen LogP) is 4.65. The van der Waals surface area contributed by atoms with Crippen LogP contribution in [0.25, 0.3) is 12.2 Å². The summed E-state index contributed by atoms with van der Waals surface area (Å²) in [4.78, 5) is 44.6. The lowest BCUT2D eigenvalue weighted by molar-refractivity contribution is -0.139. The molecule has 0 aliphatic heterocycles. The van der Waals surface area contributed by atoms with Crippen molar-refractivity contribution in [2.45, 2.75) is 31.3 Å². The Bertz CT molecular complexity index is 1660. The lowest BCUT2D eigenvalue weighted by Crippen LogP contribution is -2.32. The third-order valence-electron chi connectivity index (χ3n) is 6.91. The first-order chi connectivity index (χ1) is 24.3. The van der Waals surface area contributed by atoms with Gasteiger partial charge in [-0.3, -0.25) is 19.2 Å². The van der Waals surface area contributed by atoms with Gasteiger partial charge in [-0.25, -0.2) is 0 Å². The maximum atomic E-state index is 11.9. The van der Waals surface area contributed by atoms with Crippen LogP contribution in [0.1, 0.15) is 28.7 Å². The molecule has 0 spiro atoms. The highest BCUT2D eigenvalue weighted by Crippen LogP contribution is 2.27. The summed E-state index contributed by atoms with van der Waals surface area (Å²) in [5, 5.41) is 36.1. The van der Waals surface area contributed by atoms with Crippen molar-refractivity contribution in [3.05, 3.63) is 131 Å². The number of carbonyl (C=O) groups is 4. The van der Waals surface area contributed by atoms with E-state index in [1.807, 2.05) is 60.7 Å². The fourth-order valence-corrected chi connectivity index (χ4v) is 4.17. The van der Waals surface area contributed by atoms with Crippen LogP contribution in [0, 0.1) is 0 Å². The number of phenolic OH excluding ortho intramolecular Hbond substituents is 2. The fourth-order valence-electron chi connectivity index (χ4n) is 4.17. The number of nitrogens with two attached hydrogens (primary N) is 2. The minimum Gasteiger partial charge on any atom is -0.504 e. The van der Waals surface area contributed by atoms with E-state index < -0.39 is 24.0 Å². The fraction of sp³-hybridized carbons (Fsp3) is 0.179. The number of aliphatic carboxylic acids is 2. The van der Waals surface area contributed by atoms with E-state index in [4.69, 9.17) is 31.2 Å². The number of carboxylic acid groups (broad SMARTS) is 2. The van der Waals surface area contributed by atoms with E-state index in [1.165, 1.54) is 38.5 Å². The molecule has 0 unspecified atom stereocenters. The van der Waals surface area contributed by atoms with Gasteiger partial charge in [-0.15, -0.1) is 0 Å². The lowest BCUT2D eigenvalue weighted by atomic mass is 10.1. The third-order valence-corrected chi connectivity index (χ3v) is 6.91. The summed E-state index contributed by atoms with van der Waals surface area (Å²) >= 11 is 0. The number of carboxylic acids is 2. The van der Waals surface area contributed by atoms with Crippen molar-refractivity contribution in [3.63, 3.8) is 0 Å². The smallest absolute Gasteiger partial charge is 0.320 e. The molecule has 12 nitrogen and oxygen atoms in total. The number of ether oxygens (including phenoxy) is 2. The molecule has 8 N–H and O–H groups in total. The minimum atomic E-state index is -0.959. The third kappa shape index (κ3) is 15.7. The van der Waals surface area contributed by atoms with Gasteiger partial charge in [0.05, 0.1) is 20.6 Å². The molecule has 2 atom stereocenters. The average Bonchev–Trinajstić information content (AvgIpc) is 3.12. The van der Waals surface area contributed by atoms with Crippen LogP contribution in [-0.2, 0) is 32.0 Å². The van der Waals surface area contributed by atoms with Crippen LogP contribution in [-0.4, -0.2) is 70.2 Å². The SMILES string of the molecule is COc1cc(/C=C/C(=O)CC(=O)/C=C/c2ccc(O)c(OC)c2)ccc1O.N[C@@H](Cc1ccccc1)C(=O)O.N[C@@H](Cc1ccccc1)C(=O)O. The van der Waals surface area contributed by atoms with E-state index in [2.05, 4.69) is 0 Å². The number of aromatic hydroxyl groups is 2. The molecule has 0 aliphatic carbocycles. The first kappa shape index (κ1) is 40.9. The number of allylic oxidation sites excluding steroid dienone is 2. The van der Waals surface area contributed by atoms with Gasteiger partial charge in [-0.05, 0) is 71.5 Å². The molecular formula is C39H42N2O10. The van der Waals surface area contributed by atoms with Gasteiger partial charge < -0.3 is 41.4 Å². The van der Waals surface area contributed by atoms with E-state index in [9.17, 15) is 29.4 Å². The van der Waals surface area contributed by atoms with Crippen LogP contribution in [0.5, 0.6) is 23.0 Å². The molecule has 0 saturated carbocycles. The molecule has 0 radical (unpaired) electrons. The zero-order valence-corrected chi connectivity index (χ0v) is 28.2. The van der Waals surface area contributed by atoms with Gasteiger partial charge in [0.25, 0.3) is 0 Å². The second-order valence-corrected chi connectivity index (χ2v) is 10.9. The molecule has 0 aliphatic rings. The molecular weight excluding hydrogens is 656 g/mol. The summed E-state index contributed by atoms with van der Waals surface area (Å²) in [6, 6.07) is 26.4. The number of ketones is 2. The van der Waals surface area contributed by atoms with Gasteiger partial charge in [0.2, 0.25) is 0 Å². The number of rotatable bonds is 14. The quantitative estimate of drug-likeness (QED) is 0.0783. The normalized spacial score (nSPS) is 11.7. The lowest BCUT2D eigenvalue weighted by Gasteiger charge is -2.04. The topological polar surface area (TPSA) is 220 Å². The van der Waals surface area contributed by atoms with Crippen LogP contribution in [0.2, 0.25) is 0 Å². The molecule has 0 saturated heterocycles. The van der Waals surface area contributed by atoms with Crippen LogP contribution in [0.4, 0.5) is 0 Å². The molecule has 4 rings (SSSR count). The van der Waals surface area contributed by atoms with E-state index in [-0.39, 0.29) is 29.5 Å². The molecule has 0 heterocycles. The Hall–Kier alpha value is -6.24. The Balaban J connectivity index is 0.000000309. The number of hydrogen-bond donors (Lipinski definition) is 6. The standard InChI is InChI=1S/C21H20O6.2C9H11NO2/c1-26-20-11-14(5-9-18(20)24)3-7-16(22)13-17(23)8-4-15-6-10-19(25)21(12-15)27-2;2*10-8(9(11)12)6-7-4-2-1-3-5-7/h3-12,24-25H,13H2,1-2H3;2*1-5,8H,6,10H2,(H,11,12)/b7-3+,8-4+;;/t;2*8-/m.00/s1. The highest BCUT2D eigenvalue weighted by Gasteiger charge is 2.12. The van der Waals surface area contributed by atoms with E-state index in [0.717, 1.165) is 11.1 Å². The molecule has 268 valence electrons. The van der Waals surface area contributed by atoms with Gasteiger partial charge in [0.1, 0.15) is 12.1 Å². The Morgan fingerprint density at radius 3 is 1.27 bits per heavy atom. The Kier molecular flexibility index (Phi) is 17.4. The molecule has 0 aromatic heterocycles. The highest BCUT2D eigenvalue weighted by molar-refractivity contribution is 6.10. The maximum absolute atomic E-state index is 11.9. The van der Waals surface area contributed by atoms with E-state index >= 15 is 0 Å². The van der Waals surface area contributed by atoms with Crippen molar-refractivity contribution in [2.24, 2.45) is 11.5 Å². The van der Waals surface area contributed by atoms with Gasteiger partial charge in [0, 0.05) is 0 Å². The second kappa shape index (κ2) is 21.7. The highest BCUT2D eigenvalue weighted by atomic mass is 16.5. The van der Waals surface area contributed by atoms with Crippen LogP contribution >= 0.6 is 0 Å². The Labute approximate surface area is 295 Å². The van der Waals surface area contributed by atoms with Gasteiger partial charge >= 0.3 is 11.9 Å². The second-order valence-electron chi connectivity index (χ2n) is 10.9. The van der Waals surface area contributed by atoms with Gasteiger partial charge in [-0.1, -0.05) is 84.9 Å². The summed E-state index contributed by atoms with van der Waals surface area (Å²) < 4.78 is 10.00. The maximum Gasteiger partial charge on any atom is 0.320 e. The minimum absolute atomic E-state index is 0.00662.